The molecule has 0 bridgehead atoms. The molecule has 26 heavy (non-hydrogen) atoms. The van der Waals surface area contributed by atoms with Crippen LogP contribution in [-0.2, 0) is 5.41 Å². The minimum Gasteiger partial charge on any atom is -0.459 e. The molecular weight excluding hydrogens is 388 g/mol. The fourth-order valence-electron chi connectivity index (χ4n) is 4.33. The van der Waals surface area contributed by atoms with E-state index in [2.05, 4.69) is 78.1 Å². The molecule has 3 nitrogen and oxygen atoms in total. The second kappa shape index (κ2) is 5.10. The first-order valence-corrected chi connectivity index (χ1v) is 9.53. The highest BCUT2D eigenvalue weighted by Crippen LogP contribution is 2.54. The molecule has 4 heteroatoms. The minimum absolute atomic E-state index is 0.256. The number of ether oxygens (including phenoxy) is 1. The first kappa shape index (κ1) is 15.9. The zero-order valence-corrected chi connectivity index (χ0v) is 16.5. The highest BCUT2D eigenvalue weighted by atomic mass is 79.9. The molecule has 0 N–H and O–H groups in total. The van der Waals surface area contributed by atoms with Gasteiger partial charge in [-0.2, -0.15) is 0 Å². The van der Waals surface area contributed by atoms with E-state index in [4.69, 9.17) is 9.73 Å². The van der Waals surface area contributed by atoms with Crippen molar-refractivity contribution < 1.29 is 4.74 Å². The van der Waals surface area contributed by atoms with Gasteiger partial charge >= 0.3 is 0 Å². The third-order valence-corrected chi connectivity index (χ3v) is 6.38. The van der Waals surface area contributed by atoms with Gasteiger partial charge in [0.15, 0.2) is 0 Å². The van der Waals surface area contributed by atoms with Gasteiger partial charge in [0.25, 0.3) is 0 Å². The third kappa shape index (κ3) is 1.85. The predicted molar refractivity (Wildman–Crippen MR) is 111 cm³/mol. The van der Waals surface area contributed by atoms with Gasteiger partial charge < -0.3 is 9.64 Å². The van der Waals surface area contributed by atoms with Gasteiger partial charge in [0.05, 0.1) is 11.6 Å². The Kier molecular flexibility index (Phi) is 3.12. The summed E-state index contributed by atoms with van der Waals surface area (Å²) in [5, 5.41) is 2.30. The Morgan fingerprint density at radius 1 is 1.04 bits per heavy atom. The van der Waals surface area contributed by atoms with Crippen molar-refractivity contribution >= 4 is 44.3 Å². The fraction of sp³-hybridized carbons (Fsp3) is 0.227. The Hall–Kier alpha value is -2.33. The Balaban J connectivity index is 1.71. The van der Waals surface area contributed by atoms with Gasteiger partial charge in [0.1, 0.15) is 11.4 Å². The number of benzene rings is 3. The van der Waals surface area contributed by atoms with Crippen molar-refractivity contribution in [3.63, 3.8) is 0 Å². The number of anilines is 1. The monoisotopic (exact) mass is 406 g/mol. The molecule has 130 valence electrons. The number of hydrogen-bond donors (Lipinski definition) is 0. The maximum absolute atomic E-state index is 6.70. The summed E-state index contributed by atoms with van der Waals surface area (Å²) >= 11 is 3.61. The smallest absolute Gasteiger partial charge is 0.228 e. The largest absolute Gasteiger partial charge is 0.459 e. The van der Waals surface area contributed by atoms with E-state index in [1.165, 1.54) is 16.6 Å². The molecule has 2 heterocycles. The number of hydrogen-bond acceptors (Lipinski definition) is 3. The Labute approximate surface area is 161 Å². The van der Waals surface area contributed by atoms with Crippen LogP contribution in [-0.4, -0.2) is 19.0 Å². The maximum Gasteiger partial charge on any atom is 0.228 e. The summed E-state index contributed by atoms with van der Waals surface area (Å²) in [5.41, 5.74) is 2.44. The molecular formula is C22H19BrN2O. The van der Waals surface area contributed by atoms with Crippen LogP contribution in [0.25, 0.3) is 10.8 Å². The van der Waals surface area contributed by atoms with Crippen molar-refractivity contribution in [3.8, 4) is 5.75 Å². The molecule has 1 atom stereocenters. The standard InChI is InChI=1S/C22H19BrN2O/c1-21(2)17-12-15(23)9-10-18(17)25(3)22(21)13-24-20-16-7-5-4-6-14(16)8-11-19(20)26-22/h4-13H,1-3H3. The molecule has 5 rings (SSSR count). The quantitative estimate of drug-likeness (QED) is 0.469. The van der Waals surface area contributed by atoms with Crippen LogP contribution < -0.4 is 9.64 Å². The summed E-state index contributed by atoms with van der Waals surface area (Å²) in [4.78, 5) is 7.11. The normalized spacial score (nSPS) is 22.4. The van der Waals surface area contributed by atoms with E-state index in [0.717, 1.165) is 21.3 Å². The topological polar surface area (TPSA) is 24.8 Å². The Morgan fingerprint density at radius 3 is 2.69 bits per heavy atom. The van der Waals surface area contributed by atoms with Gasteiger partial charge in [-0.1, -0.05) is 46.3 Å². The van der Waals surface area contributed by atoms with Gasteiger partial charge in [-0.3, -0.25) is 4.99 Å². The van der Waals surface area contributed by atoms with E-state index in [1.54, 1.807) is 0 Å². The number of rotatable bonds is 0. The van der Waals surface area contributed by atoms with Crippen LogP contribution >= 0.6 is 15.9 Å². The van der Waals surface area contributed by atoms with Crippen molar-refractivity contribution in [1.29, 1.82) is 0 Å². The summed E-state index contributed by atoms with van der Waals surface area (Å²) in [6.45, 7) is 4.44. The molecule has 3 aromatic rings. The second-order valence-electron chi connectivity index (χ2n) is 7.54. The van der Waals surface area contributed by atoms with E-state index in [9.17, 15) is 0 Å². The maximum atomic E-state index is 6.70. The van der Waals surface area contributed by atoms with Crippen LogP contribution in [0, 0.1) is 0 Å². The lowest BCUT2D eigenvalue weighted by Crippen LogP contribution is -2.61. The molecule has 2 aliphatic heterocycles. The number of halogens is 1. The molecule has 0 fully saturated rings. The van der Waals surface area contributed by atoms with Crippen LogP contribution in [0.2, 0.25) is 0 Å². The highest BCUT2D eigenvalue weighted by molar-refractivity contribution is 9.10. The van der Waals surface area contributed by atoms with Gasteiger partial charge in [0, 0.05) is 22.6 Å². The lowest BCUT2D eigenvalue weighted by molar-refractivity contribution is 0.0826. The van der Waals surface area contributed by atoms with Crippen LogP contribution in [0.5, 0.6) is 5.75 Å². The first-order chi connectivity index (χ1) is 12.4. The van der Waals surface area contributed by atoms with Crippen molar-refractivity contribution in [1.82, 2.24) is 0 Å². The third-order valence-electron chi connectivity index (χ3n) is 5.88. The molecule has 0 saturated carbocycles. The molecule has 0 aromatic heterocycles. The molecule has 0 aliphatic carbocycles. The van der Waals surface area contributed by atoms with E-state index in [-0.39, 0.29) is 5.41 Å². The number of fused-ring (bicyclic) bond motifs is 4. The average Bonchev–Trinajstić information content (AvgIpc) is 2.80. The second-order valence-corrected chi connectivity index (χ2v) is 8.45. The van der Waals surface area contributed by atoms with Crippen LogP contribution in [0.4, 0.5) is 11.4 Å². The molecule has 1 spiro atoms. The van der Waals surface area contributed by atoms with E-state index in [0.29, 0.717) is 0 Å². The molecule has 3 aromatic carbocycles. The number of likely N-dealkylation sites (N-methyl/N-ethyl adjacent to an activating group) is 1. The van der Waals surface area contributed by atoms with E-state index >= 15 is 0 Å². The SMILES string of the molecule is CN1c2ccc(Br)cc2C(C)(C)C12C=Nc1c(ccc3ccccc13)O2. The van der Waals surface area contributed by atoms with E-state index in [1.807, 2.05) is 24.4 Å². The average molecular weight is 407 g/mol. The van der Waals surface area contributed by atoms with Gasteiger partial charge in [0.2, 0.25) is 5.72 Å². The van der Waals surface area contributed by atoms with Crippen LogP contribution in [0.15, 0.2) is 64.1 Å². The summed E-state index contributed by atoms with van der Waals surface area (Å²) < 4.78 is 7.78. The van der Waals surface area contributed by atoms with Gasteiger partial charge in [-0.05, 0) is 49.1 Å². The van der Waals surface area contributed by atoms with Gasteiger partial charge in [-0.15, -0.1) is 0 Å². The molecule has 0 amide bonds. The molecule has 0 saturated heterocycles. The summed E-state index contributed by atoms with van der Waals surface area (Å²) in [5.74, 6) is 0.831. The first-order valence-electron chi connectivity index (χ1n) is 8.74. The highest BCUT2D eigenvalue weighted by Gasteiger charge is 2.58. The van der Waals surface area contributed by atoms with Crippen LogP contribution in [0.1, 0.15) is 19.4 Å². The Morgan fingerprint density at radius 2 is 1.85 bits per heavy atom. The number of nitrogens with zero attached hydrogens (tertiary/aromatic N) is 2. The zero-order chi connectivity index (χ0) is 18.1. The summed E-state index contributed by atoms with van der Waals surface area (Å²) in [6, 6.07) is 18.8. The Bertz CT molecular complexity index is 1090. The predicted octanol–water partition coefficient (Wildman–Crippen LogP) is 5.82. The summed E-state index contributed by atoms with van der Waals surface area (Å²) in [7, 11) is 2.08. The molecule has 2 aliphatic rings. The molecule has 1 unspecified atom stereocenters. The van der Waals surface area contributed by atoms with Crippen molar-refractivity contribution in [2.75, 3.05) is 11.9 Å². The van der Waals surface area contributed by atoms with Crippen molar-refractivity contribution in [2.24, 2.45) is 4.99 Å². The van der Waals surface area contributed by atoms with Crippen molar-refractivity contribution in [2.45, 2.75) is 25.0 Å². The van der Waals surface area contributed by atoms with Crippen molar-refractivity contribution in [3.05, 3.63) is 64.6 Å². The van der Waals surface area contributed by atoms with Crippen LogP contribution in [0.3, 0.4) is 0 Å². The van der Waals surface area contributed by atoms with Gasteiger partial charge in [-0.25, -0.2) is 0 Å². The fourth-order valence-corrected chi connectivity index (χ4v) is 4.69. The lowest BCUT2D eigenvalue weighted by Gasteiger charge is -2.45. The molecule has 0 radical (unpaired) electrons. The number of aliphatic imine (C=N–C) groups is 1. The summed E-state index contributed by atoms with van der Waals surface area (Å²) in [6.07, 6.45) is 1.98. The van der Waals surface area contributed by atoms with E-state index < -0.39 is 5.72 Å². The zero-order valence-electron chi connectivity index (χ0n) is 15.0. The minimum atomic E-state index is -0.647. The lowest BCUT2D eigenvalue weighted by atomic mass is 9.77.